The van der Waals surface area contributed by atoms with Crippen molar-refractivity contribution >= 4 is 23.2 Å². The molecule has 1 aromatic carbocycles. The van der Waals surface area contributed by atoms with Gasteiger partial charge in [-0.15, -0.1) is 11.3 Å². The molecule has 0 spiro atoms. The van der Waals surface area contributed by atoms with E-state index in [0.29, 0.717) is 19.6 Å². The molecule has 29 heavy (non-hydrogen) atoms. The number of amides is 2. The molecule has 2 amide bonds. The molecule has 1 aliphatic rings. The van der Waals surface area contributed by atoms with Gasteiger partial charge < -0.3 is 14.5 Å². The van der Waals surface area contributed by atoms with E-state index >= 15 is 0 Å². The Morgan fingerprint density at radius 1 is 1.28 bits per heavy atom. The fourth-order valence-corrected chi connectivity index (χ4v) is 4.69. The van der Waals surface area contributed by atoms with Crippen LogP contribution < -0.4 is 4.74 Å². The molecule has 0 saturated carbocycles. The number of para-hydroxylation sites is 1. The fourth-order valence-electron chi connectivity index (χ4n) is 3.76. The van der Waals surface area contributed by atoms with Crippen LogP contribution in [0.4, 0.5) is 0 Å². The zero-order valence-corrected chi connectivity index (χ0v) is 18.5. The second kappa shape index (κ2) is 9.44. The number of carbonyl (C=O) groups is 2. The highest BCUT2D eigenvalue weighted by molar-refractivity contribution is 7.10. The summed E-state index contributed by atoms with van der Waals surface area (Å²) in [5.74, 6) is 0.831. The normalized spacial score (nSPS) is 15.9. The van der Waals surface area contributed by atoms with Gasteiger partial charge in [-0.1, -0.05) is 25.1 Å². The van der Waals surface area contributed by atoms with Crippen LogP contribution in [0, 0.1) is 6.92 Å². The molecular weight excluding hydrogens is 384 g/mol. The van der Waals surface area contributed by atoms with Gasteiger partial charge in [0.25, 0.3) is 0 Å². The van der Waals surface area contributed by atoms with Gasteiger partial charge in [0.1, 0.15) is 12.4 Å². The number of rotatable bonds is 7. The molecule has 0 fully saturated rings. The third-order valence-corrected chi connectivity index (χ3v) is 6.45. The van der Waals surface area contributed by atoms with Crippen molar-refractivity contribution in [3.8, 4) is 5.75 Å². The lowest BCUT2D eigenvalue weighted by Crippen LogP contribution is -2.49. The molecule has 1 atom stereocenters. The number of hydrogen-bond acceptors (Lipinski definition) is 4. The zero-order chi connectivity index (χ0) is 21.0. The van der Waals surface area contributed by atoms with E-state index in [1.807, 2.05) is 56.9 Å². The van der Waals surface area contributed by atoms with Gasteiger partial charge in [-0.05, 0) is 55.8 Å². The lowest BCUT2D eigenvalue weighted by Gasteiger charge is -2.37. The molecule has 6 heteroatoms. The molecule has 0 aliphatic carbocycles. The molecule has 1 aromatic heterocycles. The molecule has 1 aliphatic heterocycles. The van der Waals surface area contributed by atoms with E-state index < -0.39 is 0 Å². The Morgan fingerprint density at radius 3 is 2.72 bits per heavy atom. The average molecular weight is 415 g/mol. The Morgan fingerprint density at radius 2 is 2.03 bits per heavy atom. The van der Waals surface area contributed by atoms with Crippen LogP contribution in [-0.4, -0.2) is 47.4 Å². The molecule has 2 aromatic rings. The van der Waals surface area contributed by atoms with Gasteiger partial charge in [0.2, 0.25) is 11.8 Å². The predicted molar refractivity (Wildman–Crippen MR) is 116 cm³/mol. The van der Waals surface area contributed by atoms with E-state index in [1.54, 1.807) is 16.2 Å². The van der Waals surface area contributed by atoms with Gasteiger partial charge in [0.15, 0.2) is 0 Å². The minimum Gasteiger partial charge on any atom is -0.491 e. The molecule has 2 heterocycles. The van der Waals surface area contributed by atoms with E-state index in [4.69, 9.17) is 4.74 Å². The topological polar surface area (TPSA) is 49.9 Å². The van der Waals surface area contributed by atoms with Crippen molar-refractivity contribution in [2.24, 2.45) is 0 Å². The Kier molecular flexibility index (Phi) is 6.96. The smallest absolute Gasteiger partial charge is 0.242 e. The number of carbonyl (C=O) groups excluding carboxylic acids is 2. The van der Waals surface area contributed by atoms with Crippen LogP contribution >= 0.6 is 11.3 Å². The Balaban J connectivity index is 1.79. The maximum Gasteiger partial charge on any atom is 0.242 e. The first-order valence-corrected chi connectivity index (χ1v) is 11.1. The quantitative estimate of drug-likeness (QED) is 0.682. The lowest BCUT2D eigenvalue weighted by atomic mass is 10.00. The van der Waals surface area contributed by atoms with Crippen LogP contribution in [0.15, 0.2) is 35.7 Å². The van der Waals surface area contributed by atoms with E-state index in [-0.39, 0.29) is 30.4 Å². The Bertz CT molecular complexity index is 861. The summed E-state index contributed by atoms with van der Waals surface area (Å²) in [5.41, 5.74) is 2.24. The predicted octanol–water partition coefficient (Wildman–Crippen LogP) is 4.21. The summed E-state index contributed by atoms with van der Waals surface area (Å²) < 4.78 is 6.13. The maximum atomic E-state index is 13.2. The summed E-state index contributed by atoms with van der Waals surface area (Å²) in [6, 6.07) is 9.88. The summed E-state index contributed by atoms with van der Waals surface area (Å²) in [6.45, 7) is 8.93. The summed E-state index contributed by atoms with van der Waals surface area (Å²) in [5, 5.41) is 2.08. The fraction of sp³-hybridized carbons (Fsp3) is 0.478. The number of thiophene rings is 1. The average Bonchev–Trinajstić information content (AvgIpc) is 3.19. The summed E-state index contributed by atoms with van der Waals surface area (Å²) in [4.78, 5) is 30.4. The first-order valence-electron chi connectivity index (χ1n) is 10.3. The van der Waals surface area contributed by atoms with E-state index in [1.165, 1.54) is 10.4 Å². The highest BCUT2D eigenvalue weighted by atomic mass is 32.1. The molecule has 156 valence electrons. The van der Waals surface area contributed by atoms with Crippen LogP contribution in [0.3, 0.4) is 0 Å². The first-order chi connectivity index (χ1) is 13.9. The van der Waals surface area contributed by atoms with Crippen molar-refractivity contribution in [1.82, 2.24) is 9.80 Å². The molecule has 0 saturated heterocycles. The van der Waals surface area contributed by atoms with Crippen LogP contribution in [-0.2, 0) is 16.0 Å². The van der Waals surface area contributed by atoms with Crippen LogP contribution in [0.2, 0.25) is 0 Å². The van der Waals surface area contributed by atoms with E-state index in [2.05, 4.69) is 11.4 Å². The number of ether oxygens (including phenoxy) is 1. The van der Waals surface area contributed by atoms with Gasteiger partial charge in [-0.3, -0.25) is 9.59 Å². The van der Waals surface area contributed by atoms with Gasteiger partial charge in [0.05, 0.1) is 12.6 Å². The van der Waals surface area contributed by atoms with Crippen molar-refractivity contribution in [3.05, 3.63) is 51.7 Å². The number of nitrogens with zero attached hydrogens (tertiary/aromatic N) is 2. The van der Waals surface area contributed by atoms with Crippen molar-refractivity contribution < 1.29 is 14.3 Å². The molecule has 0 N–H and O–H groups in total. The summed E-state index contributed by atoms with van der Waals surface area (Å²) in [6.07, 6.45) is 1.25. The Labute approximate surface area is 177 Å². The third-order valence-electron chi connectivity index (χ3n) is 5.46. The van der Waals surface area contributed by atoms with Crippen LogP contribution in [0.1, 0.15) is 49.2 Å². The molecule has 0 radical (unpaired) electrons. The first kappa shape index (κ1) is 21.4. The minimum absolute atomic E-state index is 0.00503. The van der Waals surface area contributed by atoms with Crippen LogP contribution in [0.25, 0.3) is 0 Å². The standard InChI is InChI=1S/C23H30N2O3S/c1-5-22(26)25(16(2)3)14-23(27)24-12-10-21-18(11-13-29-21)19(24)15-28-20-9-7-6-8-17(20)4/h6-9,11,13,16,19H,5,10,12,14-15H2,1-4H3/t19-/m0/s1. The SMILES string of the molecule is CCC(=O)N(CC(=O)N1CCc2sccc2[C@@H]1COc1ccccc1C)C(C)C. The van der Waals surface area contributed by atoms with Crippen molar-refractivity contribution in [1.29, 1.82) is 0 Å². The highest BCUT2D eigenvalue weighted by Gasteiger charge is 2.33. The number of benzene rings is 1. The van der Waals surface area contributed by atoms with Gasteiger partial charge in [-0.25, -0.2) is 0 Å². The second-order valence-corrected chi connectivity index (χ2v) is 8.70. The van der Waals surface area contributed by atoms with E-state index in [0.717, 1.165) is 17.7 Å². The van der Waals surface area contributed by atoms with Crippen molar-refractivity contribution in [2.75, 3.05) is 19.7 Å². The minimum atomic E-state index is -0.136. The largest absolute Gasteiger partial charge is 0.491 e. The lowest BCUT2D eigenvalue weighted by molar-refractivity contribution is -0.144. The molecule has 0 unspecified atom stereocenters. The summed E-state index contributed by atoms with van der Waals surface area (Å²) in [7, 11) is 0. The van der Waals surface area contributed by atoms with Crippen LogP contribution in [0.5, 0.6) is 5.75 Å². The van der Waals surface area contributed by atoms with Crippen molar-refractivity contribution in [3.63, 3.8) is 0 Å². The number of fused-ring (bicyclic) bond motifs is 1. The molecule has 3 rings (SSSR count). The second-order valence-electron chi connectivity index (χ2n) is 7.70. The van der Waals surface area contributed by atoms with Gasteiger partial charge >= 0.3 is 0 Å². The van der Waals surface area contributed by atoms with Crippen molar-refractivity contribution in [2.45, 2.75) is 52.6 Å². The van der Waals surface area contributed by atoms with Gasteiger partial charge in [-0.2, -0.15) is 0 Å². The third kappa shape index (κ3) is 4.81. The Hall–Kier alpha value is -2.34. The highest BCUT2D eigenvalue weighted by Crippen LogP contribution is 2.34. The molecular formula is C23H30N2O3S. The zero-order valence-electron chi connectivity index (χ0n) is 17.7. The summed E-state index contributed by atoms with van der Waals surface area (Å²) >= 11 is 1.74. The number of hydrogen-bond donors (Lipinski definition) is 0. The van der Waals surface area contributed by atoms with Gasteiger partial charge in [0, 0.05) is 23.9 Å². The molecule has 5 nitrogen and oxygen atoms in total. The maximum absolute atomic E-state index is 13.2. The number of aryl methyl sites for hydroxylation is 1. The van der Waals surface area contributed by atoms with E-state index in [9.17, 15) is 9.59 Å². The molecule has 0 bridgehead atoms. The monoisotopic (exact) mass is 414 g/mol.